The number of amides is 1. The molecule has 0 saturated carbocycles. The maximum absolute atomic E-state index is 12.0. The fourth-order valence-corrected chi connectivity index (χ4v) is 2.84. The molecule has 0 spiro atoms. The molecule has 0 aliphatic rings. The molecule has 1 aromatic heterocycles. The molecule has 1 heterocycles. The Balaban J connectivity index is 1.42. The fourth-order valence-electron chi connectivity index (χ4n) is 2.84. The maximum atomic E-state index is 12.0. The van der Waals surface area contributed by atoms with Gasteiger partial charge in [-0.15, -0.1) is 0 Å². The van der Waals surface area contributed by atoms with Gasteiger partial charge >= 0.3 is 0 Å². The first kappa shape index (κ1) is 19.6. The van der Waals surface area contributed by atoms with Gasteiger partial charge in [0.2, 0.25) is 5.91 Å². The summed E-state index contributed by atoms with van der Waals surface area (Å²) in [6, 6.07) is 15.5. The van der Waals surface area contributed by atoms with Gasteiger partial charge in [-0.25, -0.2) is 10.4 Å². The number of hydrazone groups is 1. The minimum absolute atomic E-state index is 0.134. The number of benzene rings is 2. The number of aryl methyl sites for hydroxylation is 1. The first-order valence-corrected chi connectivity index (χ1v) is 9.71. The summed E-state index contributed by atoms with van der Waals surface area (Å²) in [4.78, 5) is 16.3. The summed E-state index contributed by atoms with van der Waals surface area (Å²) in [5.41, 5.74) is 5.43. The van der Waals surface area contributed by atoms with Gasteiger partial charge in [0.15, 0.2) is 0 Å². The smallest absolute Gasteiger partial charge is 0.241 e. The van der Waals surface area contributed by atoms with E-state index in [1.54, 1.807) is 12.5 Å². The molecule has 0 saturated heterocycles. The predicted molar refractivity (Wildman–Crippen MR) is 112 cm³/mol. The zero-order valence-corrected chi connectivity index (χ0v) is 16.2. The van der Waals surface area contributed by atoms with E-state index in [1.807, 2.05) is 53.1 Å². The number of imidazole rings is 1. The van der Waals surface area contributed by atoms with Crippen LogP contribution in [0.4, 0.5) is 0 Å². The van der Waals surface area contributed by atoms with Crippen LogP contribution >= 0.6 is 0 Å². The van der Waals surface area contributed by atoms with Crippen molar-refractivity contribution >= 4 is 23.2 Å². The number of nitrogens with one attached hydrogen (secondary N) is 1. The molecule has 0 radical (unpaired) electrons. The van der Waals surface area contributed by atoms with Crippen LogP contribution in [0.3, 0.4) is 0 Å². The molecule has 6 heteroatoms. The van der Waals surface area contributed by atoms with Crippen LogP contribution in [0.5, 0.6) is 5.75 Å². The van der Waals surface area contributed by atoms with Crippen LogP contribution < -0.4 is 10.2 Å². The fraction of sp³-hybridized carbons (Fsp3) is 0.318. The molecular weight excluding hydrogens is 352 g/mol. The van der Waals surface area contributed by atoms with Crippen molar-refractivity contribution in [1.82, 2.24) is 15.0 Å². The number of aromatic nitrogens is 2. The van der Waals surface area contributed by atoms with Crippen LogP contribution in [0.15, 0.2) is 60.0 Å². The zero-order chi connectivity index (χ0) is 19.6. The normalized spacial score (nSPS) is 11.2. The molecule has 0 aliphatic carbocycles. The van der Waals surface area contributed by atoms with Gasteiger partial charge in [0.1, 0.15) is 5.75 Å². The number of unbranched alkanes of at least 4 members (excludes halogenated alkanes) is 2. The van der Waals surface area contributed by atoms with Gasteiger partial charge < -0.3 is 9.30 Å². The molecule has 3 aromatic rings. The highest BCUT2D eigenvalue weighted by Gasteiger charge is 2.04. The molecule has 1 N–H and O–H groups in total. The van der Waals surface area contributed by atoms with Gasteiger partial charge in [0.05, 0.1) is 30.2 Å². The van der Waals surface area contributed by atoms with E-state index in [2.05, 4.69) is 22.4 Å². The number of hydrogen-bond donors (Lipinski definition) is 1. The average Bonchev–Trinajstić information content (AvgIpc) is 3.14. The largest absolute Gasteiger partial charge is 0.494 e. The molecule has 2 aromatic carbocycles. The van der Waals surface area contributed by atoms with Crippen molar-refractivity contribution < 1.29 is 9.53 Å². The summed E-state index contributed by atoms with van der Waals surface area (Å²) in [6.45, 7) is 3.47. The molecule has 0 fully saturated rings. The van der Waals surface area contributed by atoms with Crippen molar-refractivity contribution in [3.8, 4) is 5.75 Å². The highest BCUT2D eigenvalue weighted by Crippen LogP contribution is 2.13. The summed E-state index contributed by atoms with van der Waals surface area (Å²) in [6.07, 6.45) is 7.16. The summed E-state index contributed by atoms with van der Waals surface area (Å²) in [7, 11) is 0. The number of ether oxygens (including phenoxy) is 1. The van der Waals surface area contributed by atoms with Crippen LogP contribution in [-0.4, -0.2) is 28.3 Å². The Labute approximate surface area is 165 Å². The Morgan fingerprint density at radius 3 is 2.82 bits per heavy atom. The minimum atomic E-state index is -0.134. The van der Waals surface area contributed by atoms with Crippen molar-refractivity contribution in [2.24, 2.45) is 5.10 Å². The highest BCUT2D eigenvalue weighted by atomic mass is 16.5. The number of rotatable bonds is 10. The first-order chi connectivity index (χ1) is 13.8. The van der Waals surface area contributed by atoms with E-state index in [4.69, 9.17) is 4.74 Å². The van der Waals surface area contributed by atoms with E-state index in [0.29, 0.717) is 13.0 Å². The van der Waals surface area contributed by atoms with Crippen molar-refractivity contribution in [2.45, 2.75) is 39.2 Å². The molecule has 6 nitrogen and oxygen atoms in total. The lowest BCUT2D eigenvalue weighted by Gasteiger charge is -2.05. The van der Waals surface area contributed by atoms with Gasteiger partial charge in [0.25, 0.3) is 0 Å². The van der Waals surface area contributed by atoms with E-state index in [9.17, 15) is 4.79 Å². The van der Waals surface area contributed by atoms with Gasteiger partial charge in [-0.2, -0.15) is 5.10 Å². The molecule has 0 aliphatic heterocycles. The molecule has 28 heavy (non-hydrogen) atoms. The van der Waals surface area contributed by atoms with Gasteiger partial charge in [-0.05, 0) is 48.4 Å². The number of para-hydroxylation sites is 2. The minimum Gasteiger partial charge on any atom is -0.494 e. The Morgan fingerprint density at radius 2 is 2.00 bits per heavy atom. The third-order valence-corrected chi connectivity index (χ3v) is 4.41. The van der Waals surface area contributed by atoms with Gasteiger partial charge in [-0.1, -0.05) is 31.9 Å². The second kappa shape index (κ2) is 10.3. The summed E-state index contributed by atoms with van der Waals surface area (Å²) < 4.78 is 7.65. The summed E-state index contributed by atoms with van der Waals surface area (Å²) in [5, 5.41) is 4.03. The molecule has 146 valence electrons. The SMILES string of the molecule is CCCCCOc1ccc(/C=N/NC(=O)CCn2cnc3ccccc32)cc1. The third kappa shape index (κ3) is 5.67. The van der Waals surface area contributed by atoms with Gasteiger partial charge in [-0.3, -0.25) is 4.79 Å². The van der Waals surface area contributed by atoms with Crippen molar-refractivity contribution in [1.29, 1.82) is 0 Å². The third-order valence-electron chi connectivity index (χ3n) is 4.41. The standard InChI is InChI=1S/C22H26N4O2/c1-2-3-6-15-28-19-11-9-18(10-12-19)16-24-25-22(27)13-14-26-17-23-20-7-4-5-8-21(20)26/h4-5,7-12,16-17H,2-3,6,13-15H2,1H3,(H,25,27)/b24-16+. The highest BCUT2D eigenvalue weighted by molar-refractivity contribution is 5.82. The molecule has 0 atom stereocenters. The summed E-state index contributed by atoms with van der Waals surface area (Å²) in [5.74, 6) is 0.717. The van der Waals surface area contributed by atoms with E-state index in [-0.39, 0.29) is 5.91 Å². The Kier molecular flexibility index (Phi) is 7.18. The van der Waals surface area contributed by atoms with Crippen LogP contribution in [0.1, 0.15) is 38.2 Å². The first-order valence-electron chi connectivity index (χ1n) is 9.71. The monoisotopic (exact) mass is 378 g/mol. The lowest BCUT2D eigenvalue weighted by molar-refractivity contribution is -0.121. The van der Waals surface area contributed by atoms with Crippen LogP contribution in [0.2, 0.25) is 0 Å². The molecule has 0 bridgehead atoms. The van der Waals surface area contributed by atoms with E-state index in [1.165, 1.54) is 12.8 Å². The second-order valence-electron chi connectivity index (χ2n) is 6.59. The molecule has 1 amide bonds. The lowest BCUT2D eigenvalue weighted by Crippen LogP contribution is -2.19. The topological polar surface area (TPSA) is 68.5 Å². The van der Waals surface area contributed by atoms with E-state index < -0.39 is 0 Å². The van der Waals surface area contributed by atoms with Gasteiger partial charge in [0, 0.05) is 13.0 Å². The molecule has 0 unspecified atom stereocenters. The number of carbonyl (C=O) groups is 1. The van der Waals surface area contributed by atoms with Crippen LogP contribution in [-0.2, 0) is 11.3 Å². The number of fused-ring (bicyclic) bond motifs is 1. The predicted octanol–water partition coefficient (Wildman–Crippen LogP) is 4.15. The Hall–Kier alpha value is -3.15. The Bertz CT molecular complexity index is 916. The van der Waals surface area contributed by atoms with Crippen molar-refractivity contribution in [2.75, 3.05) is 6.61 Å². The lowest BCUT2D eigenvalue weighted by atomic mass is 10.2. The maximum Gasteiger partial charge on any atom is 0.241 e. The Morgan fingerprint density at radius 1 is 1.18 bits per heavy atom. The van der Waals surface area contributed by atoms with Crippen molar-refractivity contribution in [3.05, 3.63) is 60.4 Å². The van der Waals surface area contributed by atoms with Crippen molar-refractivity contribution in [3.63, 3.8) is 0 Å². The second-order valence-corrected chi connectivity index (χ2v) is 6.59. The van der Waals surface area contributed by atoms with Crippen LogP contribution in [0, 0.1) is 0 Å². The van der Waals surface area contributed by atoms with E-state index in [0.717, 1.165) is 35.4 Å². The average molecular weight is 378 g/mol. The number of nitrogens with zero attached hydrogens (tertiary/aromatic N) is 3. The van der Waals surface area contributed by atoms with E-state index >= 15 is 0 Å². The molecular formula is C22H26N4O2. The van der Waals surface area contributed by atoms with Crippen LogP contribution in [0.25, 0.3) is 11.0 Å². The number of carbonyl (C=O) groups excluding carboxylic acids is 1. The molecule has 3 rings (SSSR count). The quantitative estimate of drug-likeness (QED) is 0.327. The number of hydrogen-bond acceptors (Lipinski definition) is 4. The summed E-state index contributed by atoms with van der Waals surface area (Å²) >= 11 is 0. The zero-order valence-electron chi connectivity index (χ0n) is 16.2.